The highest BCUT2D eigenvalue weighted by Crippen LogP contribution is 1.85. The van der Waals surface area contributed by atoms with Crippen LogP contribution in [0, 0.1) is 0 Å². The van der Waals surface area contributed by atoms with E-state index in [2.05, 4.69) is 32.6 Å². The van der Waals surface area contributed by atoms with Gasteiger partial charge < -0.3 is 0 Å². The Morgan fingerprint density at radius 3 is 2.86 bits per heavy atom. The molecule has 0 fully saturated rings. The van der Waals surface area contributed by atoms with Gasteiger partial charge >= 0.3 is 0 Å². The van der Waals surface area contributed by atoms with Crippen LogP contribution in [0.3, 0.4) is 0 Å². The molecule has 44 valence electrons. The average Bonchev–Trinajstić information content (AvgIpc) is 1.69. The van der Waals surface area contributed by atoms with Gasteiger partial charge in [-0.05, 0) is 7.05 Å². The topological polar surface area (TPSA) is 24.1 Å². The summed E-state index contributed by atoms with van der Waals surface area (Å²) in [5.74, 6) is 0.986. The van der Waals surface area contributed by atoms with Crippen molar-refractivity contribution in [3.8, 4) is 0 Å². The van der Waals surface area contributed by atoms with Crippen molar-refractivity contribution in [1.82, 2.24) is 10.0 Å². The van der Waals surface area contributed by atoms with E-state index in [9.17, 15) is 0 Å². The molecule has 0 aliphatic rings. The van der Waals surface area contributed by atoms with Crippen molar-refractivity contribution in [3.05, 3.63) is 0 Å². The number of halogens is 1. The summed E-state index contributed by atoms with van der Waals surface area (Å²) in [6.45, 7) is 0. The van der Waals surface area contributed by atoms with Gasteiger partial charge in [0.25, 0.3) is 0 Å². The molecular formula is C3H9IN2S. The molecule has 0 aliphatic heterocycles. The van der Waals surface area contributed by atoms with Crippen LogP contribution in [0.15, 0.2) is 0 Å². The van der Waals surface area contributed by atoms with E-state index in [1.54, 1.807) is 11.9 Å². The molecule has 0 saturated heterocycles. The van der Waals surface area contributed by atoms with Crippen molar-refractivity contribution in [2.75, 3.05) is 17.5 Å². The lowest BCUT2D eigenvalue weighted by Crippen LogP contribution is -2.11. The zero-order valence-electron chi connectivity index (χ0n) is 4.20. The molecule has 0 aliphatic carbocycles. The first-order chi connectivity index (χ1) is 3.41. The van der Waals surface area contributed by atoms with Gasteiger partial charge in [-0.1, -0.05) is 34.5 Å². The molecule has 0 spiro atoms. The average molecular weight is 232 g/mol. The fraction of sp³-hybridized carbons (Fsp3) is 1.00. The Morgan fingerprint density at radius 2 is 2.43 bits per heavy atom. The van der Waals surface area contributed by atoms with Crippen LogP contribution < -0.4 is 10.0 Å². The largest absolute Gasteiger partial charge is 0.298 e. The lowest BCUT2D eigenvalue weighted by Gasteiger charge is -1.95. The summed E-state index contributed by atoms with van der Waals surface area (Å²) >= 11 is 3.94. The van der Waals surface area contributed by atoms with Gasteiger partial charge in [-0.25, -0.2) is 0 Å². The second-order valence-electron chi connectivity index (χ2n) is 0.876. The minimum absolute atomic E-state index is 0.986. The quantitative estimate of drug-likeness (QED) is 0.187. The summed E-state index contributed by atoms with van der Waals surface area (Å²) in [6, 6.07) is 0. The van der Waals surface area contributed by atoms with Crippen LogP contribution in [0.25, 0.3) is 0 Å². The first kappa shape index (κ1) is 8.00. The Bertz CT molecular complexity index is 32.1. The van der Waals surface area contributed by atoms with E-state index in [4.69, 9.17) is 0 Å². The number of nitrogens with one attached hydrogen (secondary N) is 2. The molecule has 0 aromatic rings. The Hall–Kier alpha value is 1.00. The van der Waals surface area contributed by atoms with Crippen LogP contribution in [0.2, 0.25) is 0 Å². The fourth-order valence-electron chi connectivity index (χ4n) is 0.162. The van der Waals surface area contributed by atoms with Crippen LogP contribution in [0.4, 0.5) is 0 Å². The molecule has 0 saturated carbocycles. The van der Waals surface area contributed by atoms with Gasteiger partial charge in [-0.3, -0.25) is 10.0 Å². The van der Waals surface area contributed by atoms with E-state index >= 15 is 0 Å². The number of alkyl halides is 1. The fourth-order valence-corrected chi connectivity index (χ4v) is 1.15. The lowest BCUT2D eigenvalue weighted by molar-refractivity contribution is 0.963. The third-order valence-electron chi connectivity index (χ3n) is 0.413. The molecule has 0 aromatic heterocycles. The third kappa shape index (κ3) is 7.00. The van der Waals surface area contributed by atoms with Crippen LogP contribution in [0.5, 0.6) is 0 Å². The van der Waals surface area contributed by atoms with Crippen molar-refractivity contribution in [1.29, 1.82) is 0 Å². The summed E-state index contributed by atoms with van der Waals surface area (Å²) < 4.78 is 3.97. The van der Waals surface area contributed by atoms with Gasteiger partial charge in [0.1, 0.15) is 0 Å². The normalized spacial score (nSPS) is 9.43. The predicted molar refractivity (Wildman–Crippen MR) is 43.5 cm³/mol. The molecule has 4 heteroatoms. The van der Waals surface area contributed by atoms with Gasteiger partial charge in [0.05, 0.1) is 5.88 Å². The second-order valence-corrected chi connectivity index (χ2v) is 2.62. The molecule has 0 amide bonds. The van der Waals surface area contributed by atoms with E-state index in [-0.39, 0.29) is 0 Å². The Balaban J connectivity index is 2.45. The maximum absolute atomic E-state index is 3.14. The first-order valence-corrected chi connectivity index (χ1v) is 4.48. The summed E-state index contributed by atoms with van der Waals surface area (Å²) in [4.78, 5) is 0. The molecule has 0 radical (unpaired) electrons. The Labute approximate surface area is 62.1 Å². The summed E-state index contributed by atoms with van der Waals surface area (Å²) in [5.41, 5.74) is 0. The van der Waals surface area contributed by atoms with Gasteiger partial charge in [-0.15, -0.1) is 0 Å². The zero-order valence-corrected chi connectivity index (χ0v) is 7.17. The summed E-state index contributed by atoms with van der Waals surface area (Å²) in [7, 11) is 1.92. The van der Waals surface area contributed by atoms with E-state index in [1.807, 2.05) is 7.05 Å². The Kier molecular flexibility index (Phi) is 8.00. The zero-order chi connectivity index (χ0) is 5.54. The highest BCUT2D eigenvalue weighted by atomic mass is 127. The maximum atomic E-state index is 3.14. The van der Waals surface area contributed by atoms with Crippen molar-refractivity contribution < 1.29 is 0 Å². The SMILES string of the molecule is CNSCNCI. The number of hydrogen-bond donors (Lipinski definition) is 2. The van der Waals surface area contributed by atoms with Crippen molar-refractivity contribution in [2.24, 2.45) is 0 Å². The number of hydrogen-bond acceptors (Lipinski definition) is 3. The molecule has 7 heavy (non-hydrogen) atoms. The van der Waals surface area contributed by atoms with E-state index < -0.39 is 0 Å². The minimum atomic E-state index is 0.986. The van der Waals surface area contributed by atoms with E-state index in [1.165, 1.54) is 0 Å². The van der Waals surface area contributed by atoms with E-state index in [0.29, 0.717) is 0 Å². The molecule has 0 atom stereocenters. The second kappa shape index (κ2) is 7.00. The van der Waals surface area contributed by atoms with Crippen LogP contribution in [-0.4, -0.2) is 17.5 Å². The number of rotatable bonds is 4. The van der Waals surface area contributed by atoms with Crippen LogP contribution in [0.1, 0.15) is 0 Å². The van der Waals surface area contributed by atoms with Gasteiger partial charge in [-0.2, -0.15) is 0 Å². The van der Waals surface area contributed by atoms with Gasteiger partial charge in [0.2, 0.25) is 0 Å². The third-order valence-corrected chi connectivity index (χ3v) is 1.59. The van der Waals surface area contributed by atoms with Gasteiger partial charge in [0.15, 0.2) is 0 Å². The minimum Gasteiger partial charge on any atom is -0.298 e. The maximum Gasteiger partial charge on any atom is 0.0571 e. The molecular weight excluding hydrogens is 223 g/mol. The summed E-state index contributed by atoms with van der Waals surface area (Å²) in [6.07, 6.45) is 0. The lowest BCUT2D eigenvalue weighted by atomic mass is 11.3. The van der Waals surface area contributed by atoms with Crippen molar-refractivity contribution >= 4 is 34.5 Å². The molecule has 0 aromatic carbocycles. The smallest absolute Gasteiger partial charge is 0.0571 e. The standard InChI is InChI=1S/C3H9IN2S/c1-5-7-3-6-2-4/h5-6H,2-3H2,1H3. The molecule has 0 heterocycles. The molecule has 0 rings (SSSR count). The Morgan fingerprint density at radius 1 is 1.71 bits per heavy atom. The van der Waals surface area contributed by atoms with Crippen LogP contribution >= 0.6 is 34.5 Å². The highest BCUT2D eigenvalue weighted by Gasteiger charge is 1.77. The van der Waals surface area contributed by atoms with Gasteiger partial charge in [0, 0.05) is 4.55 Å². The monoisotopic (exact) mass is 232 g/mol. The predicted octanol–water partition coefficient (Wildman–Crippen LogP) is 0.794. The summed E-state index contributed by atoms with van der Waals surface area (Å²) in [5, 5.41) is 3.14. The van der Waals surface area contributed by atoms with Crippen LogP contribution in [-0.2, 0) is 0 Å². The molecule has 2 nitrogen and oxygen atoms in total. The highest BCUT2D eigenvalue weighted by molar-refractivity contribution is 14.1. The first-order valence-electron chi connectivity index (χ1n) is 1.97. The molecule has 0 bridgehead atoms. The van der Waals surface area contributed by atoms with Crippen molar-refractivity contribution in [3.63, 3.8) is 0 Å². The van der Waals surface area contributed by atoms with Crippen molar-refractivity contribution in [2.45, 2.75) is 0 Å². The van der Waals surface area contributed by atoms with E-state index in [0.717, 1.165) is 10.4 Å². The molecule has 0 unspecified atom stereocenters. The molecule has 2 N–H and O–H groups in total.